The van der Waals surface area contributed by atoms with E-state index in [4.69, 9.17) is 30.5 Å². The van der Waals surface area contributed by atoms with Crippen molar-refractivity contribution < 1.29 is 13.9 Å². The first-order valence-electron chi connectivity index (χ1n) is 11.6. The average molecular weight is 502 g/mol. The summed E-state index contributed by atoms with van der Waals surface area (Å²) in [6.07, 6.45) is 2.26. The van der Waals surface area contributed by atoms with Gasteiger partial charge in [0.1, 0.15) is 5.58 Å². The highest BCUT2D eigenvalue weighted by Crippen LogP contribution is 2.35. The molecule has 7 nitrogen and oxygen atoms in total. The molecule has 0 saturated carbocycles. The maximum absolute atomic E-state index is 13.5. The fourth-order valence-corrected chi connectivity index (χ4v) is 4.07. The summed E-state index contributed by atoms with van der Waals surface area (Å²) in [6.45, 7) is 3.99. The molecule has 1 atom stereocenters. The number of aromatic nitrogens is 2. The molecule has 0 aliphatic heterocycles. The molecule has 8 heteroatoms. The van der Waals surface area contributed by atoms with Gasteiger partial charge in [0, 0.05) is 22.0 Å². The molecule has 0 radical (unpaired) electrons. The minimum absolute atomic E-state index is 0.0663. The van der Waals surface area contributed by atoms with E-state index in [0.717, 1.165) is 11.8 Å². The van der Waals surface area contributed by atoms with Gasteiger partial charge in [-0.25, -0.2) is 4.98 Å². The first-order valence-corrected chi connectivity index (χ1v) is 12.0. The van der Waals surface area contributed by atoms with Crippen LogP contribution in [0.4, 0.5) is 0 Å². The van der Waals surface area contributed by atoms with Gasteiger partial charge in [-0.2, -0.15) is 9.78 Å². The van der Waals surface area contributed by atoms with Gasteiger partial charge in [-0.05, 0) is 43.7 Å². The van der Waals surface area contributed by atoms with Crippen molar-refractivity contribution in [2.45, 2.75) is 26.4 Å². The van der Waals surface area contributed by atoms with Crippen LogP contribution in [0.1, 0.15) is 25.8 Å². The first-order chi connectivity index (χ1) is 17.5. The molecule has 5 rings (SSSR count). The van der Waals surface area contributed by atoms with Crippen molar-refractivity contribution >= 4 is 39.7 Å². The highest BCUT2D eigenvalue weighted by atomic mass is 35.5. The highest BCUT2D eigenvalue weighted by molar-refractivity contribution is 6.31. The number of methoxy groups -OCH3 is 1. The average Bonchev–Trinajstić information content (AvgIpc) is 3.33. The maximum atomic E-state index is 13.5. The molecule has 0 spiro atoms. The Morgan fingerprint density at radius 2 is 1.92 bits per heavy atom. The summed E-state index contributed by atoms with van der Waals surface area (Å²) in [7, 11) is 1.55. The Balaban J connectivity index is 1.71. The van der Waals surface area contributed by atoms with Crippen molar-refractivity contribution in [3.8, 4) is 23.1 Å². The second-order valence-electron chi connectivity index (χ2n) is 8.33. The summed E-state index contributed by atoms with van der Waals surface area (Å²) in [4.78, 5) is 18.3. The molecule has 0 aliphatic carbocycles. The Kier molecular flexibility index (Phi) is 6.48. The third kappa shape index (κ3) is 4.45. The Labute approximate surface area is 212 Å². The molecule has 0 bridgehead atoms. The molecule has 182 valence electrons. The van der Waals surface area contributed by atoms with Crippen LogP contribution in [0.2, 0.25) is 5.02 Å². The summed E-state index contributed by atoms with van der Waals surface area (Å²) >= 11 is 6.34. The molecule has 0 fully saturated rings. The molecular formula is C28H24ClN3O4. The van der Waals surface area contributed by atoms with Gasteiger partial charge in [0.15, 0.2) is 17.3 Å². The number of fused-ring (bicyclic) bond motifs is 2. The predicted molar refractivity (Wildman–Crippen MR) is 143 cm³/mol. The van der Waals surface area contributed by atoms with Gasteiger partial charge >= 0.3 is 0 Å². The second kappa shape index (κ2) is 9.87. The van der Waals surface area contributed by atoms with E-state index in [1.54, 1.807) is 37.4 Å². The highest BCUT2D eigenvalue weighted by Gasteiger charge is 2.18. The number of benzene rings is 3. The number of hydrogen-bond donors (Lipinski definition) is 0. The normalized spacial score (nSPS) is 12.4. The van der Waals surface area contributed by atoms with Crippen LogP contribution in [-0.2, 0) is 0 Å². The lowest BCUT2D eigenvalue weighted by atomic mass is 10.2. The zero-order valence-electron chi connectivity index (χ0n) is 20.1. The molecule has 2 aromatic heterocycles. The molecule has 5 aromatic rings. The second-order valence-corrected chi connectivity index (χ2v) is 8.76. The molecule has 0 unspecified atom stereocenters. The topological polar surface area (TPSA) is 78.9 Å². The van der Waals surface area contributed by atoms with Crippen LogP contribution >= 0.6 is 11.6 Å². The van der Waals surface area contributed by atoms with Gasteiger partial charge in [0.2, 0.25) is 5.82 Å². The van der Waals surface area contributed by atoms with Crippen LogP contribution < -0.4 is 15.0 Å². The quantitative estimate of drug-likeness (QED) is 0.237. The molecular weight excluding hydrogens is 478 g/mol. The van der Waals surface area contributed by atoms with E-state index in [2.05, 4.69) is 5.10 Å². The smallest absolute Gasteiger partial charge is 0.282 e. The summed E-state index contributed by atoms with van der Waals surface area (Å²) in [5.74, 6) is 1.68. The SMILES string of the molecule is CC[C@H](C)Oc1c(C=Nn2c(-c3cc4ccccc4o3)nc3ccccc3c2=O)cc(Cl)cc1OC. The number of halogens is 1. The van der Waals surface area contributed by atoms with E-state index in [9.17, 15) is 4.79 Å². The Hall–Kier alpha value is -4.10. The zero-order chi connectivity index (χ0) is 25.2. The van der Waals surface area contributed by atoms with Gasteiger partial charge in [-0.1, -0.05) is 48.9 Å². The van der Waals surface area contributed by atoms with E-state index in [0.29, 0.717) is 44.3 Å². The number of hydrogen-bond acceptors (Lipinski definition) is 6. The number of para-hydroxylation sites is 2. The van der Waals surface area contributed by atoms with Crippen molar-refractivity contribution in [2.24, 2.45) is 5.10 Å². The van der Waals surface area contributed by atoms with Crippen LogP contribution in [0, 0.1) is 0 Å². The minimum Gasteiger partial charge on any atom is -0.493 e. The van der Waals surface area contributed by atoms with E-state index in [-0.39, 0.29) is 17.5 Å². The van der Waals surface area contributed by atoms with Crippen LogP contribution in [-0.4, -0.2) is 29.1 Å². The Morgan fingerprint density at radius 1 is 1.14 bits per heavy atom. The Bertz CT molecular complexity index is 1620. The lowest BCUT2D eigenvalue weighted by molar-refractivity contribution is 0.207. The van der Waals surface area contributed by atoms with Crippen molar-refractivity contribution in [2.75, 3.05) is 7.11 Å². The van der Waals surface area contributed by atoms with Gasteiger partial charge in [-0.15, -0.1) is 0 Å². The standard InChI is InChI=1S/C28H24ClN3O4/c1-4-17(2)35-26-19(13-20(29)15-24(26)34-3)16-30-32-27(25-14-18-9-5-8-12-23(18)36-25)31-22-11-7-6-10-21(22)28(32)33/h5-17H,4H2,1-3H3/t17-/m0/s1. The summed E-state index contributed by atoms with van der Waals surface area (Å²) in [5, 5.41) is 6.33. The summed E-state index contributed by atoms with van der Waals surface area (Å²) in [6, 6.07) is 20.0. The fourth-order valence-electron chi connectivity index (χ4n) is 3.85. The molecule has 36 heavy (non-hydrogen) atoms. The molecule has 0 aliphatic rings. The van der Waals surface area contributed by atoms with Crippen LogP contribution in [0.25, 0.3) is 33.5 Å². The molecule has 2 heterocycles. The van der Waals surface area contributed by atoms with Gasteiger partial charge in [0.05, 0.1) is 30.3 Å². The Morgan fingerprint density at radius 3 is 2.69 bits per heavy atom. The van der Waals surface area contributed by atoms with Gasteiger partial charge in [0.25, 0.3) is 5.56 Å². The summed E-state index contributed by atoms with van der Waals surface area (Å²) < 4.78 is 18.9. The van der Waals surface area contributed by atoms with E-state index in [1.807, 2.05) is 50.2 Å². The predicted octanol–water partition coefficient (Wildman–Crippen LogP) is 6.53. The number of furan rings is 1. The van der Waals surface area contributed by atoms with Crippen molar-refractivity contribution in [1.82, 2.24) is 9.66 Å². The molecule has 0 saturated heterocycles. The first kappa shape index (κ1) is 23.6. The molecule has 3 aromatic carbocycles. The van der Waals surface area contributed by atoms with Crippen LogP contribution in [0.5, 0.6) is 11.5 Å². The van der Waals surface area contributed by atoms with E-state index >= 15 is 0 Å². The number of ether oxygens (including phenoxy) is 2. The van der Waals surface area contributed by atoms with Crippen LogP contribution in [0.15, 0.2) is 81.0 Å². The fraction of sp³-hybridized carbons (Fsp3) is 0.179. The van der Waals surface area contributed by atoms with Crippen molar-refractivity contribution in [3.63, 3.8) is 0 Å². The zero-order valence-corrected chi connectivity index (χ0v) is 20.8. The maximum Gasteiger partial charge on any atom is 0.282 e. The van der Waals surface area contributed by atoms with Gasteiger partial charge in [-0.3, -0.25) is 4.79 Å². The van der Waals surface area contributed by atoms with Gasteiger partial charge < -0.3 is 13.9 Å². The largest absolute Gasteiger partial charge is 0.493 e. The summed E-state index contributed by atoms with van der Waals surface area (Å²) in [5.41, 5.74) is 1.48. The van der Waals surface area contributed by atoms with E-state index < -0.39 is 0 Å². The van der Waals surface area contributed by atoms with Crippen LogP contribution in [0.3, 0.4) is 0 Å². The van der Waals surface area contributed by atoms with Crippen molar-refractivity contribution in [1.29, 1.82) is 0 Å². The third-order valence-electron chi connectivity index (χ3n) is 5.87. The monoisotopic (exact) mass is 501 g/mol. The van der Waals surface area contributed by atoms with Crippen molar-refractivity contribution in [3.05, 3.63) is 87.7 Å². The lowest BCUT2D eigenvalue weighted by Gasteiger charge is -2.18. The van der Waals surface area contributed by atoms with E-state index in [1.165, 1.54) is 10.9 Å². The third-order valence-corrected chi connectivity index (χ3v) is 6.09. The lowest BCUT2D eigenvalue weighted by Crippen LogP contribution is -2.20. The molecule has 0 N–H and O–H groups in total. The minimum atomic E-state index is -0.328. The molecule has 0 amide bonds. The number of rotatable bonds is 7. The number of nitrogens with zero attached hydrogens (tertiary/aromatic N) is 3.